The number of hydrogen-bond donors (Lipinski definition) is 2. The molecule has 0 bridgehead atoms. The molecule has 27 heavy (non-hydrogen) atoms. The van der Waals surface area contributed by atoms with Gasteiger partial charge in [-0.1, -0.05) is 13.8 Å². The molecule has 2 amide bonds. The van der Waals surface area contributed by atoms with Gasteiger partial charge < -0.3 is 10.2 Å². The van der Waals surface area contributed by atoms with Gasteiger partial charge >= 0.3 is 0 Å². The van der Waals surface area contributed by atoms with Crippen molar-refractivity contribution in [2.45, 2.75) is 33.1 Å². The van der Waals surface area contributed by atoms with E-state index in [0.717, 1.165) is 12.7 Å². The summed E-state index contributed by atoms with van der Waals surface area (Å²) in [6.07, 6.45) is 3.36. The molecule has 2 N–H and O–H groups in total. The van der Waals surface area contributed by atoms with E-state index in [4.69, 9.17) is 0 Å². The molecule has 0 atom stereocenters. The number of rotatable bonds is 7. The molecule has 0 spiro atoms. The van der Waals surface area contributed by atoms with Crippen molar-refractivity contribution >= 4 is 27.5 Å². The van der Waals surface area contributed by atoms with Crippen molar-refractivity contribution in [3.05, 3.63) is 29.8 Å². The Morgan fingerprint density at radius 2 is 1.74 bits per heavy atom. The third-order valence-corrected chi connectivity index (χ3v) is 5.22. The second kappa shape index (κ2) is 9.21. The number of anilines is 1. The first-order valence-electron chi connectivity index (χ1n) is 9.30. The third-order valence-electron chi connectivity index (χ3n) is 4.61. The molecule has 0 unspecified atom stereocenters. The number of carbonyl (C=O) groups is 2. The van der Waals surface area contributed by atoms with Gasteiger partial charge in [-0.2, -0.15) is 0 Å². The molecule has 1 aliphatic rings. The van der Waals surface area contributed by atoms with Crippen LogP contribution in [-0.2, 0) is 14.8 Å². The fourth-order valence-electron chi connectivity index (χ4n) is 3.05. The zero-order chi connectivity index (χ0) is 20.0. The molecule has 1 heterocycles. The van der Waals surface area contributed by atoms with Crippen LogP contribution in [0.15, 0.2) is 24.3 Å². The topological polar surface area (TPSA) is 95.6 Å². The molecule has 7 nitrogen and oxygen atoms in total. The quantitative estimate of drug-likeness (QED) is 0.739. The van der Waals surface area contributed by atoms with Crippen molar-refractivity contribution in [1.82, 2.24) is 10.2 Å². The fraction of sp³-hybridized carbons (Fsp3) is 0.579. The predicted molar refractivity (Wildman–Crippen MR) is 106 cm³/mol. The van der Waals surface area contributed by atoms with Crippen LogP contribution in [0.1, 0.15) is 43.5 Å². The largest absolute Gasteiger partial charge is 0.356 e. The third kappa shape index (κ3) is 6.86. The molecule has 0 radical (unpaired) electrons. The van der Waals surface area contributed by atoms with Crippen LogP contribution in [-0.4, -0.2) is 51.0 Å². The Kier molecular flexibility index (Phi) is 7.24. The van der Waals surface area contributed by atoms with Crippen LogP contribution in [0.3, 0.4) is 0 Å². The van der Waals surface area contributed by atoms with Gasteiger partial charge in [0, 0.05) is 36.8 Å². The van der Waals surface area contributed by atoms with E-state index in [-0.39, 0.29) is 17.7 Å². The maximum Gasteiger partial charge on any atom is 0.253 e. The predicted octanol–water partition coefficient (Wildman–Crippen LogP) is 2.07. The second-order valence-electron chi connectivity index (χ2n) is 7.49. The number of likely N-dealkylation sites (tertiary alicyclic amines) is 1. The van der Waals surface area contributed by atoms with Crippen LogP contribution in [0, 0.1) is 11.8 Å². The second-order valence-corrected chi connectivity index (χ2v) is 9.24. The van der Waals surface area contributed by atoms with Crippen LogP contribution >= 0.6 is 0 Å². The van der Waals surface area contributed by atoms with Gasteiger partial charge in [-0.15, -0.1) is 0 Å². The molecule has 2 rings (SSSR count). The van der Waals surface area contributed by atoms with Crippen LogP contribution in [0.25, 0.3) is 0 Å². The van der Waals surface area contributed by atoms with Crippen molar-refractivity contribution in [2.75, 3.05) is 30.6 Å². The van der Waals surface area contributed by atoms with Crippen molar-refractivity contribution in [3.63, 3.8) is 0 Å². The van der Waals surface area contributed by atoms with Gasteiger partial charge in [0.25, 0.3) is 5.91 Å². The van der Waals surface area contributed by atoms with E-state index in [1.165, 1.54) is 0 Å². The average molecular weight is 396 g/mol. The molecular weight excluding hydrogens is 366 g/mol. The summed E-state index contributed by atoms with van der Waals surface area (Å²) in [5.41, 5.74) is 0.930. The number of piperidine rings is 1. The fourth-order valence-corrected chi connectivity index (χ4v) is 3.61. The van der Waals surface area contributed by atoms with Gasteiger partial charge in [0.05, 0.1) is 6.26 Å². The van der Waals surface area contributed by atoms with Gasteiger partial charge in [0.2, 0.25) is 15.9 Å². The summed E-state index contributed by atoms with van der Waals surface area (Å²) in [5, 5.41) is 2.99. The normalized spacial score (nSPS) is 15.6. The van der Waals surface area contributed by atoms with Crippen molar-refractivity contribution in [3.8, 4) is 0 Å². The number of amides is 2. The summed E-state index contributed by atoms with van der Waals surface area (Å²) < 4.78 is 24.8. The van der Waals surface area contributed by atoms with E-state index in [0.29, 0.717) is 49.6 Å². The first kappa shape index (κ1) is 21.2. The van der Waals surface area contributed by atoms with Crippen molar-refractivity contribution in [1.29, 1.82) is 0 Å². The molecule has 150 valence electrons. The molecule has 0 aliphatic carbocycles. The van der Waals surface area contributed by atoms with E-state index in [1.54, 1.807) is 29.2 Å². The Hall–Kier alpha value is -2.09. The summed E-state index contributed by atoms with van der Waals surface area (Å²) >= 11 is 0. The maximum atomic E-state index is 12.6. The Bertz CT molecular complexity index is 752. The Morgan fingerprint density at radius 1 is 1.15 bits per heavy atom. The highest BCUT2D eigenvalue weighted by Gasteiger charge is 2.27. The molecule has 1 fully saturated rings. The number of hydrogen-bond acceptors (Lipinski definition) is 4. The van der Waals surface area contributed by atoms with Gasteiger partial charge in [-0.25, -0.2) is 8.42 Å². The van der Waals surface area contributed by atoms with Gasteiger partial charge in [-0.3, -0.25) is 14.3 Å². The Balaban J connectivity index is 1.84. The minimum absolute atomic E-state index is 0.0393. The maximum absolute atomic E-state index is 12.6. The van der Waals surface area contributed by atoms with E-state index >= 15 is 0 Å². The zero-order valence-corrected chi connectivity index (χ0v) is 17.0. The molecule has 1 aromatic carbocycles. The Morgan fingerprint density at radius 3 is 2.26 bits per heavy atom. The molecule has 1 saturated heterocycles. The van der Waals surface area contributed by atoms with Gasteiger partial charge in [-0.05, 0) is 49.4 Å². The monoisotopic (exact) mass is 395 g/mol. The lowest BCUT2D eigenvalue weighted by atomic mass is 9.95. The van der Waals surface area contributed by atoms with E-state index in [2.05, 4.69) is 23.9 Å². The standard InChI is InChI=1S/C19H29N3O4S/c1-14(2)8-11-20-18(23)15-9-12-22(13-10-15)19(24)16-4-6-17(7-5-16)21-27(3,25)26/h4-7,14-15,21H,8-13H2,1-3H3,(H,20,23). The lowest BCUT2D eigenvalue weighted by Gasteiger charge is -2.31. The van der Waals surface area contributed by atoms with Crippen LogP contribution in [0.5, 0.6) is 0 Å². The first-order valence-corrected chi connectivity index (χ1v) is 11.2. The SMILES string of the molecule is CC(C)CCNC(=O)C1CCN(C(=O)c2ccc(NS(C)(=O)=O)cc2)CC1. The highest BCUT2D eigenvalue weighted by Crippen LogP contribution is 2.20. The van der Waals surface area contributed by atoms with Crippen molar-refractivity contribution < 1.29 is 18.0 Å². The molecule has 0 aromatic heterocycles. The van der Waals surface area contributed by atoms with E-state index < -0.39 is 10.0 Å². The van der Waals surface area contributed by atoms with Gasteiger partial charge in [0.15, 0.2) is 0 Å². The number of carbonyl (C=O) groups excluding carboxylic acids is 2. The first-order chi connectivity index (χ1) is 12.7. The summed E-state index contributed by atoms with van der Waals surface area (Å²) in [5.74, 6) is 0.505. The summed E-state index contributed by atoms with van der Waals surface area (Å²) in [6, 6.07) is 6.37. The minimum Gasteiger partial charge on any atom is -0.356 e. The lowest BCUT2D eigenvalue weighted by molar-refractivity contribution is -0.126. The Labute approximate surface area is 161 Å². The highest BCUT2D eigenvalue weighted by molar-refractivity contribution is 7.92. The zero-order valence-electron chi connectivity index (χ0n) is 16.2. The molecule has 0 saturated carbocycles. The molecular formula is C19H29N3O4S. The molecule has 1 aromatic rings. The summed E-state index contributed by atoms with van der Waals surface area (Å²) in [7, 11) is -3.34. The number of benzene rings is 1. The van der Waals surface area contributed by atoms with Crippen LogP contribution in [0.2, 0.25) is 0 Å². The van der Waals surface area contributed by atoms with Crippen LogP contribution in [0.4, 0.5) is 5.69 Å². The lowest BCUT2D eigenvalue weighted by Crippen LogP contribution is -2.43. The van der Waals surface area contributed by atoms with E-state index in [1.807, 2.05) is 0 Å². The smallest absolute Gasteiger partial charge is 0.253 e. The van der Waals surface area contributed by atoms with Crippen LogP contribution < -0.4 is 10.0 Å². The number of sulfonamides is 1. The number of nitrogens with one attached hydrogen (secondary N) is 2. The number of nitrogens with zero attached hydrogens (tertiary/aromatic N) is 1. The summed E-state index contributed by atoms with van der Waals surface area (Å²) in [4.78, 5) is 26.6. The summed E-state index contributed by atoms with van der Waals surface area (Å²) in [6.45, 7) is 6.04. The molecule has 1 aliphatic heterocycles. The minimum atomic E-state index is -3.34. The average Bonchev–Trinajstić information content (AvgIpc) is 2.60. The highest BCUT2D eigenvalue weighted by atomic mass is 32.2. The van der Waals surface area contributed by atoms with Crippen molar-refractivity contribution in [2.24, 2.45) is 11.8 Å². The molecule has 8 heteroatoms. The van der Waals surface area contributed by atoms with Gasteiger partial charge in [0.1, 0.15) is 0 Å². The van der Waals surface area contributed by atoms with E-state index in [9.17, 15) is 18.0 Å².